The van der Waals surface area contributed by atoms with Gasteiger partial charge in [-0.15, -0.1) is 0 Å². The minimum absolute atomic E-state index is 0.447. The first-order chi connectivity index (χ1) is 16.8. The van der Waals surface area contributed by atoms with Crippen LogP contribution in [0.15, 0.2) is 18.2 Å². The number of carbonyl (C=O) groups is 1. The Hall–Kier alpha value is -2.94. The maximum Gasteiger partial charge on any atom is 0.248 e. The molecule has 3 atom stereocenters. The molecule has 6 rings (SSSR count). The lowest BCUT2D eigenvalue weighted by atomic mass is 9.45. The molecular weight excluding hydrogens is 440 g/mol. The van der Waals surface area contributed by atoms with Gasteiger partial charge in [-0.05, 0) is 80.0 Å². The zero-order valence-corrected chi connectivity index (χ0v) is 21.1. The molecule has 3 saturated carbocycles. The maximum atomic E-state index is 11.7. The van der Waals surface area contributed by atoms with Gasteiger partial charge in [-0.1, -0.05) is 19.9 Å². The normalized spacial score (nSPS) is 25.3. The Kier molecular flexibility index (Phi) is 6.53. The molecule has 2 bridgehead atoms. The summed E-state index contributed by atoms with van der Waals surface area (Å²) in [5.74, 6) is 3.57. The van der Waals surface area contributed by atoms with Crippen LogP contribution in [0.3, 0.4) is 0 Å². The molecule has 0 spiro atoms. The van der Waals surface area contributed by atoms with E-state index >= 15 is 0 Å². The predicted octanol–water partition coefficient (Wildman–Crippen LogP) is 3.31. The van der Waals surface area contributed by atoms with Crippen molar-refractivity contribution in [1.29, 1.82) is 0 Å². The van der Waals surface area contributed by atoms with Crippen LogP contribution in [-0.2, 0) is 0 Å². The highest BCUT2D eigenvalue weighted by molar-refractivity contribution is 5.94. The monoisotopic (exact) mass is 478 g/mol. The van der Waals surface area contributed by atoms with E-state index in [-0.39, 0.29) is 0 Å². The Balaban J connectivity index is 1.39. The van der Waals surface area contributed by atoms with Gasteiger partial charge in [-0.2, -0.15) is 15.0 Å². The number of aromatic nitrogens is 3. The Morgan fingerprint density at radius 3 is 2.77 bits per heavy atom. The van der Waals surface area contributed by atoms with E-state index in [0.717, 1.165) is 62.2 Å². The molecule has 4 fully saturated rings. The molecule has 2 aromatic rings. The summed E-state index contributed by atoms with van der Waals surface area (Å²) in [7, 11) is 0. The Morgan fingerprint density at radius 1 is 1.17 bits per heavy atom. The van der Waals surface area contributed by atoms with Crippen LogP contribution in [0.4, 0.5) is 23.5 Å². The van der Waals surface area contributed by atoms with E-state index in [1.54, 1.807) is 12.1 Å². The number of hydrogen-bond acceptors (Lipinski definition) is 8. The molecule has 188 valence electrons. The van der Waals surface area contributed by atoms with Crippen LogP contribution >= 0.6 is 0 Å². The number of aryl methyl sites for hydroxylation is 1. The summed E-state index contributed by atoms with van der Waals surface area (Å²) < 4.78 is 0. The minimum atomic E-state index is -0.461. The second kappa shape index (κ2) is 9.60. The summed E-state index contributed by atoms with van der Waals surface area (Å²) >= 11 is 0. The van der Waals surface area contributed by atoms with E-state index in [2.05, 4.69) is 34.7 Å². The number of rotatable bonds is 7. The topological polar surface area (TPSA) is 121 Å². The second-order valence-electron chi connectivity index (χ2n) is 11.0. The SMILES string of the molecule is Cc1ccc(C(N)=O)cc1Nc1nc(NC[C@@H]2CC[C@H]3C[C@@H]2C3(C)C)nc(N2CCCNCC2)n1. The Bertz CT molecular complexity index is 1080. The molecule has 0 unspecified atom stereocenters. The van der Waals surface area contributed by atoms with Crippen LogP contribution in [0, 0.1) is 30.1 Å². The first kappa shape index (κ1) is 23.8. The first-order valence-corrected chi connectivity index (χ1v) is 12.9. The van der Waals surface area contributed by atoms with Gasteiger partial charge < -0.3 is 26.6 Å². The van der Waals surface area contributed by atoms with Crippen molar-refractivity contribution in [1.82, 2.24) is 20.3 Å². The molecule has 1 aliphatic heterocycles. The number of hydrogen-bond donors (Lipinski definition) is 4. The molecule has 1 saturated heterocycles. The fourth-order valence-corrected chi connectivity index (χ4v) is 6.15. The van der Waals surface area contributed by atoms with Crippen molar-refractivity contribution in [2.75, 3.05) is 48.3 Å². The van der Waals surface area contributed by atoms with Gasteiger partial charge in [-0.25, -0.2) is 0 Å². The van der Waals surface area contributed by atoms with Crippen molar-refractivity contribution in [3.05, 3.63) is 29.3 Å². The molecular formula is C26H38N8O. The average molecular weight is 479 g/mol. The van der Waals surface area contributed by atoms with Crippen LogP contribution in [-0.4, -0.2) is 53.6 Å². The van der Waals surface area contributed by atoms with Crippen molar-refractivity contribution in [3.8, 4) is 0 Å². The molecule has 9 heteroatoms. The third-order valence-corrected chi connectivity index (χ3v) is 8.54. The van der Waals surface area contributed by atoms with Gasteiger partial charge in [0.1, 0.15) is 0 Å². The first-order valence-electron chi connectivity index (χ1n) is 12.9. The summed E-state index contributed by atoms with van der Waals surface area (Å²) in [6.07, 6.45) is 4.98. The van der Waals surface area contributed by atoms with Gasteiger partial charge in [0, 0.05) is 37.4 Å². The fraction of sp³-hybridized carbons (Fsp3) is 0.615. The number of fused-ring (bicyclic) bond motifs is 2. The Labute approximate surface area is 207 Å². The van der Waals surface area contributed by atoms with E-state index < -0.39 is 5.91 Å². The molecule has 35 heavy (non-hydrogen) atoms. The number of primary amides is 1. The highest BCUT2D eigenvalue weighted by Crippen LogP contribution is 2.61. The zero-order chi connectivity index (χ0) is 24.6. The van der Waals surface area contributed by atoms with Crippen LogP contribution in [0.1, 0.15) is 55.5 Å². The molecule has 1 aromatic carbocycles. The van der Waals surface area contributed by atoms with E-state index in [0.29, 0.717) is 34.7 Å². The number of amides is 1. The second-order valence-corrected chi connectivity index (χ2v) is 11.0. The lowest BCUT2D eigenvalue weighted by Crippen LogP contribution is -2.53. The van der Waals surface area contributed by atoms with Crippen LogP contribution in [0.2, 0.25) is 0 Å². The van der Waals surface area contributed by atoms with Gasteiger partial charge in [0.2, 0.25) is 23.8 Å². The van der Waals surface area contributed by atoms with Crippen LogP contribution in [0.5, 0.6) is 0 Å². The van der Waals surface area contributed by atoms with Gasteiger partial charge in [-0.3, -0.25) is 4.79 Å². The third kappa shape index (κ3) is 4.91. The molecule has 3 aliphatic carbocycles. The minimum Gasteiger partial charge on any atom is -0.366 e. The van der Waals surface area contributed by atoms with Crippen molar-refractivity contribution in [3.63, 3.8) is 0 Å². The van der Waals surface area contributed by atoms with Crippen molar-refractivity contribution < 1.29 is 4.79 Å². The van der Waals surface area contributed by atoms with E-state index in [4.69, 9.17) is 20.7 Å². The largest absolute Gasteiger partial charge is 0.366 e. The van der Waals surface area contributed by atoms with Gasteiger partial charge in [0.05, 0.1) is 0 Å². The molecule has 9 nitrogen and oxygen atoms in total. The number of nitrogens with zero attached hydrogens (tertiary/aromatic N) is 4. The summed E-state index contributed by atoms with van der Waals surface area (Å²) in [5, 5.41) is 10.3. The highest BCUT2D eigenvalue weighted by Gasteiger charge is 2.53. The molecule has 1 amide bonds. The van der Waals surface area contributed by atoms with E-state index in [9.17, 15) is 4.79 Å². The summed E-state index contributed by atoms with van der Waals surface area (Å²) in [5.41, 5.74) is 8.14. The summed E-state index contributed by atoms with van der Waals surface area (Å²) in [6.45, 7) is 11.3. The lowest BCUT2D eigenvalue weighted by Gasteiger charge is -2.60. The lowest BCUT2D eigenvalue weighted by molar-refractivity contribution is -0.100. The molecule has 5 N–H and O–H groups in total. The van der Waals surface area contributed by atoms with E-state index in [1.165, 1.54) is 19.3 Å². The van der Waals surface area contributed by atoms with E-state index in [1.807, 2.05) is 13.0 Å². The number of carbonyl (C=O) groups excluding carboxylic acids is 1. The van der Waals surface area contributed by atoms with Crippen molar-refractivity contribution >= 4 is 29.4 Å². The molecule has 2 heterocycles. The quantitative estimate of drug-likeness (QED) is 0.478. The number of nitrogens with one attached hydrogen (secondary N) is 3. The molecule has 1 aromatic heterocycles. The smallest absolute Gasteiger partial charge is 0.248 e. The fourth-order valence-electron chi connectivity index (χ4n) is 6.15. The zero-order valence-electron chi connectivity index (χ0n) is 21.1. The van der Waals surface area contributed by atoms with Crippen molar-refractivity contribution in [2.45, 2.75) is 46.5 Å². The Morgan fingerprint density at radius 2 is 2.00 bits per heavy atom. The molecule has 0 radical (unpaired) electrons. The van der Waals surface area contributed by atoms with Crippen LogP contribution in [0.25, 0.3) is 0 Å². The van der Waals surface area contributed by atoms with Gasteiger partial charge >= 0.3 is 0 Å². The predicted molar refractivity (Wildman–Crippen MR) is 139 cm³/mol. The number of nitrogens with two attached hydrogens (primary N) is 1. The molecule has 4 aliphatic rings. The number of benzene rings is 1. The average Bonchev–Trinajstić information content (AvgIpc) is 3.13. The standard InChI is InChI=1S/C26H38N8O/c1-16-5-6-17(22(27)35)13-21(16)30-24-31-23(32-25(33-24)34-11-4-9-28-10-12-34)29-15-18-7-8-19-14-20(18)26(19,2)3/h5-6,13,18-20,28H,4,7-12,14-15H2,1-3H3,(H2,27,35)(H2,29,30,31,32,33)/t18-,19-,20-/m0/s1. The maximum absolute atomic E-state index is 11.7. The van der Waals surface area contributed by atoms with Crippen molar-refractivity contribution in [2.24, 2.45) is 28.9 Å². The van der Waals surface area contributed by atoms with Crippen LogP contribution < -0.4 is 26.6 Å². The third-order valence-electron chi connectivity index (χ3n) is 8.54. The summed E-state index contributed by atoms with van der Waals surface area (Å²) in [6, 6.07) is 5.36. The highest BCUT2D eigenvalue weighted by atomic mass is 16.1. The summed E-state index contributed by atoms with van der Waals surface area (Å²) in [4.78, 5) is 28.2. The van der Waals surface area contributed by atoms with Gasteiger partial charge in [0.25, 0.3) is 0 Å². The number of anilines is 4. The van der Waals surface area contributed by atoms with Gasteiger partial charge in [0.15, 0.2) is 0 Å².